The van der Waals surface area contributed by atoms with Crippen LogP contribution in [-0.4, -0.2) is 10.9 Å². The average Bonchev–Trinajstić information content (AvgIpc) is 2.50. The summed E-state index contributed by atoms with van der Waals surface area (Å²) in [6.07, 6.45) is 2.50. The van der Waals surface area contributed by atoms with Crippen molar-refractivity contribution in [1.29, 1.82) is 0 Å². The van der Waals surface area contributed by atoms with Gasteiger partial charge in [-0.2, -0.15) is 0 Å². The molecule has 2 rings (SSSR count). The van der Waals surface area contributed by atoms with Crippen LogP contribution in [0.5, 0.6) is 0 Å². The van der Waals surface area contributed by atoms with Crippen LogP contribution in [0, 0.1) is 0 Å². The number of benzene rings is 1. The van der Waals surface area contributed by atoms with Crippen molar-refractivity contribution in [3.8, 4) is 0 Å². The molecule has 0 saturated carbocycles. The number of hydrogen-bond acceptors (Lipinski definition) is 3. The summed E-state index contributed by atoms with van der Waals surface area (Å²) in [6, 6.07) is 5.28. The summed E-state index contributed by atoms with van der Waals surface area (Å²) in [6.45, 7) is 2.07. The molecule has 0 bridgehead atoms. The summed E-state index contributed by atoms with van der Waals surface area (Å²) >= 11 is 5.93. The lowest BCUT2D eigenvalue weighted by Crippen LogP contribution is -2.38. The highest BCUT2D eigenvalue weighted by atomic mass is 35.5. The van der Waals surface area contributed by atoms with Crippen molar-refractivity contribution >= 4 is 23.1 Å². The quantitative estimate of drug-likeness (QED) is 0.851. The fraction of sp³-hybridized carbons (Fsp3) is 0.417. The molecule has 0 amide bonds. The maximum Gasteiger partial charge on any atom is 0.148 e. The molecular weight excluding hydrogens is 224 g/mol. The smallest absolute Gasteiger partial charge is 0.148 e. The van der Waals surface area contributed by atoms with Gasteiger partial charge in [0.2, 0.25) is 0 Å². The van der Waals surface area contributed by atoms with Crippen molar-refractivity contribution in [1.82, 2.24) is 0 Å². The van der Waals surface area contributed by atoms with Gasteiger partial charge in [0.1, 0.15) is 11.4 Å². The monoisotopic (exact) mass is 238 g/mol. The van der Waals surface area contributed by atoms with Crippen molar-refractivity contribution in [2.24, 2.45) is 10.7 Å². The first-order valence-corrected chi connectivity index (χ1v) is 5.83. The Hall–Kier alpha value is -1.06. The number of aliphatic imine (C=N–C) groups is 1. The van der Waals surface area contributed by atoms with Crippen LogP contribution in [0.15, 0.2) is 23.2 Å². The van der Waals surface area contributed by atoms with Gasteiger partial charge in [-0.3, -0.25) is 0 Å². The summed E-state index contributed by atoms with van der Waals surface area (Å²) in [5.41, 5.74) is 6.13. The van der Waals surface area contributed by atoms with E-state index in [1.165, 1.54) is 0 Å². The normalized spacial score (nSPS) is 23.1. The van der Waals surface area contributed by atoms with Crippen molar-refractivity contribution < 1.29 is 5.11 Å². The number of nitrogens with two attached hydrogens (primary N) is 1. The zero-order chi connectivity index (χ0) is 11.8. The van der Waals surface area contributed by atoms with Gasteiger partial charge in [-0.05, 0) is 24.6 Å². The zero-order valence-corrected chi connectivity index (χ0v) is 9.96. The molecule has 0 fully saturated rings. The van der Waals surface area contributed by atoms with E-state index < -0.39 is 5.60 Å². The first-order chi connectivity index (χ1) is 7.58. The van der Waals surface area contributed by atoms with Gasteiger partial charge in [-0.25, -0.2) is 4.99 Å². The Bertz CT molecular complexity index is 445. The molecule has 0 aliphatic carbocycles. The van der Waals surface area contributed by atoms with E-state index in [0.29, 0.717) is 11.4 Å². The molecule has 0 spiro atoms. The third-order valence-corrected chi connectivity index (χ3v) is 3.20. The SMILES string of the molecule is CCCCC1(O)C(N)=Nc2ccc(Cl)cc21. The summed E-state index contributed by atoms with van der Waals surface area (Å²) in [5.74, 6) is 0.276. The highest BCUT2D eigenvalue weighted by molar-refractivity contribution is 6.30. The molecule has 1 atom stereocenters. The first kappa shape index (κ1) is 11.4. The van der Waals surface area contributed by atoms with Crippen LogP contribution in [0.25, 0.3) is 0 Å². The van der Waals surface area contributed by atoms with Gasteiger partial charge in [-0.1, -0.05) is 31.4 Å². The second-order valence-corrected chi connectivity index (χ2v) is 4.56. The van der Waals surface area contributed by atoms with Crippen LogP contribution in [0.3, 0.4) is 0 Å². The summed E-state index contributed by atoms with van der Waals surface area (Å²) in [5, 5.41) is 11.1. The van der Waals surface area contributed by atoms with Crippen molar-refractivity contribution in [2.45, 2.75) is 31.8 Å². The van der Waals surface area contributed by atoms with Crippen LogP contribution in [0.4, 0.5) is 5.69 Å². The van der Waals surface area contributed by atoms with E-state index >= 15 is 0 Å². The minimum absolute atomic E-state index is 0.276. The first-order valence-electron chi connectivity index (χ1n) is 5.45. The van der Waals surface area contributed by atoms with Crippen LogP contribution >= 0.6 is 11.6 Å². The highest BCUT2D eigenvalue weighted by Gasteiger charge is 2.39. The number of fused-ring (bicyclic) bond motifs is 1. The number of unbranched alkanes of at least 4 members (excludes halogenated alkanes) is 1. The lowest BCUT2D eigenvalue weighted by atomic mass is 9.89. The molecule has 1 aliphatic rings. The summed E-state index contributed by atoms with van der Waals surface area (Å²) < 4.78 is 0. The minimum Gasteiger partial charge on any atom is -0.384 e. The molecule has 0 radical (unpaired) electrons. The Morgan fingerprint density at radius 3 is 2.94 bits per heavy atom. The van der Waals surface area contributed by atoms with Gasteiger partial charge in [0.05, 0.1) is 5.69 Å². The van der Waals surface area contributed by atoms with E-state index in [9.17, 15) is 5.11 Å². The Morgan fingerprint density at radius 2 is 2.25 bits per heavy atom. The number of halogens is 1. The van der Waals surface area contributed by atoms with E-state index in [0.717, 1.165) is 24.1 Å². The molecule has 1 aliphatic heterocycles. The Labute approximate surface area is 99.9 Å². The number of hydrogen-bond donors (Lipinski definition) is 2. The maximum absolute atomic E-state index is 10.6. The van der Waals surface area contributed by atoms with Crippen LogP contribution in [0.2, 0.25) is 5.02 Å². The second kappa shape index (κ2) is 4.07. The number of amidine groups is 1. The van der Waals surface area contributed by atoms with Crippen molar-refractivity contribution in [2.75, 3.05) is 0 Å². The van der Waals surface area contributed by atoms with Crippen LogP contribution in [0.1, 0.15) is 31.7 Å². The molecule has 1 aromatic rings. The maximum atomic E-state index is 10.6. The van der Waals surface area contributed by atoms with Gasteiger partial charge in [0.15, 0.2) is 0 Å². The number of rotatable bonds is 3. The average molecular weight is 239 g/mol. The van der Waals surface area contributed by atoms with Gasteiger partial charge >= 0.3 is 0 Å². The molecule has 0 saturated heterocycles. The van der Waals surface area contributed by atoms with E-state index in [2.05, 4.69) is 11.9 Å². The van der Waals surface area contributed by atoms with E-state index in [4.69, 9.17) is 17.3 Å². The Balaban J connectivity index is 2.42. The minimum atomic E-state index is -1.13. The number of aliphatic hydroxyl groups is 1. The molecule has 4 heteroatoms. The van der Waals surface area contributed by atoms with Gasteiger partial charge in [0, 0.05) is 10.6 Å². The molecule has 0 aromatic heterocycles. The molecule has 3 nitrogen and oxygen atoms in total. The largest absolute Gasteiger partial charge is 0.384 e. The topological polar surface area (TPSA) is 58.6 Å². The molecule has 86 valence electrons. The molecule has 1 unspecified atom stereocenters. The van der Waals surface area contributed by atoms with Crippen molar-refractivity contribution in [3.05, 3.63) is 28.8 Å². The van der Waals surface area contributed by atoms with E-state index in [1.54, 1.807) is 18.2 Å². The number of nitrogens with zero attached hydrogens (tertiary/aromatic N) is 1. The van der Waals surface area contributed by atoms with Gasteiger partial charge in [0.25, 0.3) is 0 Å². The van der Waals surface area contributed by atoms with Crippen LogP contribution in [-0.2, 0) is 5.60 Å². The lowest BCUT2D eigenvalue weighted by Gasteiger charge is -2.23. The third-order valence-electron chi connectivity index (χ3n) is 2.96. The predicted molar refractivity (Wildman–Crippen MR) is 66.2 cm³/mol. The van der Waals surface area contributed by atoms with E-state index in [1.807, 2.05) is 0 Å². The Kier molecular flexibility index (Phi) is 2.91. The molecule has 1 heterocycles. The second-order valence-electron chi connectivity index (χ2n) is 4.12. The van der Waals surface area contributed by atoms with Gasteiger partial charge in [-0.15, -0.1) is 0 Å². The molecule has 3 N–H and O–H groups in total. The molecular formula is C12H15ClN2O. The zero-order valence-electron chi connectivity index (χ0n) is 9.20. The molecule has 16 heavy (non-hydrogen) atoms. The van der Waals surface area contributed by atoms with Crippen LogP contribution < -0.4 is 5.73 Å². The van der Waals surface area contributed by atoms with E-state index in [-0.39, 0.29) is 5.84 Å². The Morgan fingerprint density at radius 1 is 1.50 bits per heavy atom. The standard InChI is InChI=1S/C12H15ClN2O/c1-2-3-6-12(16)9-7-8(13)4-5-10(9)15-11(12)14/h4-5,7,16H,2-3,6H2,1H3,(H2,14,15). The fourth-order valence-electron chi connectivity index (χ4n) is 1.99. The fourth-order valence-corrected chi connectivity index (χ4v) is 2.16. The molecule has 1 aromatic carbocycles. The summed E-state index contributed by atoms with van der Waals surface area (Å²) in [4.78, 5) is 4.19. The van der Waals surface area contributed by atoms with Crippen molar-refractivity contribution in [3.63, 3.8) is 0 Å². The highest BCUT2D eigenvalue weighted by Crippen LogP contribution is 2.41. The predicted octanol–water partition coefficient (Wildman–Crippen LogP) is 2.72. The third kappa shape index (κ3) is 1.70. The lowest BCUT2D eigenvalue weighted by molar-refractivity contribution is 0.101. The summed E-state index contributed by atoms with van der Waals surface area (Å²) in [7, 11) is 0. The van der Waals surface area contributed by atoms with Gasteiger partial charge < -0.3 is 10.8 Å².